The number of aliphatic hydroxyl groups excluding tert-OH is 2. The van der Waals surface area contributed by atoms with E-state index in [0.717, 1.165) is 6.08 Å². The third kappa shape index (κ3) is 2.10. The number of aliphatic hydroxyl groups is 3. The van der Waals surface area contributed by atoms with Crippen LogP contribution in [0.15, 0.2) is 12.2 Å². The molecule has 0 aromatic heterocycles. The number of aliphatic carboxylic acids is 1. The third-order valence-electron chi connectivity index (χ3n) is 1.95. The zero-order valence-corrected chi connectivity index (χ0v) is 7.29. The van der Waals surface area contributed by atoms with Gasteiger partial charge in [-0.2, -0.15) is 0 Å². The molecule has 14 heavy (non-hydrogen) atoms. The van der Waals surface area contributed by atoms with Gasteiger partial charge >= 0.3 is 0 Å². The van der Waals surface area contributed by atoms with Crippen molar-refractivity contribution in [1.82, 2.24) is 0 Å². The Kier molecular flexibility index (Phi) is 3.22. The number of hydrogen-bond donors (Lipinski definition) is 3. The molecule has 0 aromatic rings. The topological polar surface area (TPSA) is 110 Å². The molecule has 0 aliphatic carbocycles. The number of carboxylic acids is 1. The Labute approximate surface area is 80.1 Å². The maximum absolute atomic E-state index is 10.5. The van der Waals surface area contributed by atoms with Gasteiger partial charge in [0.05, 0.1) is 12.7 Å². The molecule has 1 rings (SSSR count). The van der Waals surface area contributed by atoms with Crippen LogP contribution in [0.25, 0.3) is 0 Å². The summed E-state index contributed by atoms with van der Waals surface area (Å²) in [5.74, 6) is -4.32. The fraction of sp³-hybridized carbons (Fsp3) is 0.625. The largest absolute Gasteiger partial charge is 0.544 e. The fourth-order valence-electron chi connectivity index (χ4n) is 1.15. The molecule has 0 saturated heterocycles. The van der Waals surface area contributed by atoms with Gasteiger partial charge in [-0.05, 0) is 12.5 Å². The van der Waals surface area contributed by atoms with E-state index in [2.05, 4.69) is 4.74 Å². The Hall–Kier alpha value is -0.950. The smallest absolute Gasteiger partial charge is 0.227 e. The van der Waals surface area contributed by atoms with Crippen LogP contribution in [0.4, 0.5) is 0 Å². The highest BCUT2D eigenvalue weighted by atomic mass is 16.7. The maximum atomic E-state index is 10.5. The molecule has 0 spiro atoms. The predicted octanol–water partition coefficient (Wildman–Crippen LogP) is -2.88. The Morgan fingerprint density at radius 3 is 2.93 bits per heavy atom. The first kappa shape index (κ1) is 11.1. The van der Waals surface area contributed by atoms with Gasteiger partial charge in [-0.15, -0.1) is 0 Å². The van der Waals surface area contributed by atoms with Gasteiger partial charge in [0.2, 0.25) is 5.79 Å². The number of carbonyl (C=O) groups excluding carboxylic acids is 1. The van der Waals surface area contributed by atoms with E-state index < -0.39 is 30.6 Å². The number of carboxylic acid groups (broad SMARTS) is 1. The van der Waals surface area contributed by atoms with E-state index in [-0.39, 0.29) is 6.42 Å². The third-order valence-corrected chi connectivity index (χ3v) is 1.95. The minimum absolute atomic E-state index is 0.220. The summed E-state index contributed by atoms with van der Waals surface area (Å²) in [6, 6.07) is 0. The van der Waals surface area contributed by atoms with Gasteiger partial charge in [-0.25, -0.2) is 0 Å². The van der Waals surface area contributed by atoms with Crippen LogP contribution in [-0.2, 0) is 9.53 Å². The van der Waals surface area contributed by atoms with E-state index in [1.54, 1.807) is 0 Å². The van der Waals surface area contributed by atoms with Crippen molar-refractivity contribution in [1.29, 1.82) is 0 Å². The number of hydrogen-bond acceptors (Lipinski definition) is 6. The standard InChI is InChI=1S/C8H12O6/c9-4-5(10)6-2-1-3-8(13,14-6)7(11)12/h1,3,5-6,9-10,13H,2,4H2,(H,11,12)/p-1/t5-,6+,8-/m1/s1. The van der Waals surface area contributed by atoms with Crippen LogP contribution < -0.4 is 5.11 Å². The van der Waals surface area contributed by atoms with Crippen LogP contribution in [0, 0.1) is 0 Å². The summed E-state index contributed by atoms with van der Waals surface area (Å²) in [6.45, 7) is -0.568. The zero-order valence-electron chi connectivity index (χ0n) is 7.29. The summed E-state index contributed by atoms with van der Waals surface area (Å²) in [7, 11) is 0. The SMILES string of the molecule is O=C([O-])[C@@]1(O)C=CC[C@@H]([C@H](O)CO)O1. The van der Waals surface area contributed by atoms with Crippen molar-refractivity contribution in [3.63, 3.8) is 0 Å². The van der Waals surface area contributed by atoms with Crippen molar-refractivity contribution in [2.24, 2.45) is 0 Å². The molecule has 0 bridgehead atoms. The second kappa shape index (κ2) is 4.05. The molecule has 0 amide bonds. The van der Waals surface area contributed by atoms with Crippen molar-refractivity contribution in [2.75, 3.05) is 6.61 Å². The van der Waals surface area contributed by atoms with Crippen molar-refractivity contribution in [2.45, 2.75) is 24.4 Å². The van der Waals surface area contributed by atoms with Gasteiger partial charge in [-0.3, -0.25) is 0 Å². The lowest BCUT2D eigenvalue weighted by molar-refractivity contribution is -0.351. The zero-order chi connectivity index (χ0) is 10.8. The molecular weight excluding hydrogens is 192 g/mol. The molecule has 0 aromatic carbocycles. The molecule has 80 valence electrons. The van der Waals surface area contributed by atoms with E-state index in [0.29, 0.717) is 0 Å². The summed E-state index contributed by atoms with van der Waals surface area (Å²) in [5.41, 5.74) is 0. The predicted molar refractivity (Wildman–Crippen MR) is 41.7 cm³/mol. The van der Waals surface area contributed by atoms with Gasteiger partial charge in [0.25, 0.3) is 0 Å². The Morgan fingerprint density at radius 1 is 1.79 bits per heavy atom. The minimum Gasteiger partial charge on any atom is -0.544 e. The molecule has 0 saturated carbocycles. The van der Waals surface area contributed by atoms with Gasteiger partial charge in [0.15, 0.2) is 0 Å². The van der Waals surface area contributed by atoms with Gasteiger partial charge < -0.3 is 30.0 Å². The van der Waals surface area contributed by atoms with Crippen LogP contribution in [0.2, 0.25) is 0 Å². The summed E-state index contributed by atoms with van der Waals surface area (Å²) in [6.07, 6.45) is 0.321. The highest BCUT2D eigenvalue weighted by molar-refractivity contribution is 5.75. The molecule has 3 atom stereocenters. The van der Waals surface area contributed by atoms with Crippen molar-refractivity contribution in [3.8, 4) is 0 Å². The second-order valence-electron chi connectivity index (χ2n) is 3.03. The van der Waals surface area contributed by atoms with Crippen LogP contribution in [0.3, 0.4) is 0 Å². The maximum Gasteiger partial charge on any atom is 0.227 e. The summed E-state index contributed by atoms with van der Waals surface area (Å²) in [5, 5.41) is 37.5. The van der Waals surface area contributed by atoms with E-state index in [1.807, 2.05) is 0 Å². The molecule has 1 heterocycles. The first-order valence-corrected chi connectivity index (χ1v) is 4.08. The Balaban J connectivity index is 2.73. The molecule has 3 N–H and O–H groups in total. The Morgan fingerprint density at radius 2 is 2.43 bits per heavy atom. The van der Waals surface area contributed by atoms with E-state index in [9.17, 15) is 15.0 Å². The minimum atomic E-state index is -2.51. The molecule has 6 heteroatoms. The molecule has 0 unspecified atom stereocenters. The lowest BCUT2D eigenvalue weighted by Crippen LogP contribution is -2.54. The highest BCUT2D eigenvalue weighted by Gasteiger charge is 2.35. The molecule has 1 aliphatic heterocycles. The average molecular weight is 203 g/mol. The van der Waals surface area contributed by atoms with Gasteiger partial charge in [0, 0.05) is 0 Å². The first-order chi connectivity index (χ1) is 6.49. The normalized spacial score (nSPS) is 34.1. The number of carbonyl (C=O) groups is 1. The van der Waals surface area contributed by atoms with E-state index in [1.165, 1.54) is 6.08 Å². The molecule has 0 radical (unpaired) electrons. The quantitative estimate of drug-likeness (QED) is 0.425. The average Bonchev–Trinajstić information content (AvgIpc) is 2.16. The Bertz CT molecular complexity index is 250. The molecule has 1 aliphatic rings. The number of rotatable bonds is 3. The van der Waals surface area contributed by atoms with Crippen LogP contribution >= 0.6 is 0 Å². The second-order valence-corrected chi connectivity index (χ2v) is 3.03. The van der Waals surface area contributed by atoms with Crippen LogP contribution in [0.1, 0.15) is 6.42 Å². The monoisotopic (exact) mass is 203 g/mol. The lowest BCUT2D eigenvalue weighted by Gasteiger charge is -2.35. The van der Waals surface area contributed by atoms with Gasteiger partial charge in [0.1, 0.15) is 12.1 Å². The van der Waals surface area contributed by atoms with Crippen molar-refractivity contribution in [3.05, 3.63) is 12.2 Å². The van der Waals surface area contributed by atoms with Gasteiger partial charge in [-0.1, -0.05) is 6.08 Å². The molecule has 0 fully saturated rings. The molecular formula is C8H11O6-. The van der Waals surface area contributed by atoms with Crippen LogP contribution in [-0.4, -0.2) is 45.9 Å². The molecule has 6 nitrogen and oxygen atoms in total. The first-order valence-electron chi connectivity index (χ1n) is 4.08. The van der Waals surface area contributed by atoms with Crippen LogP contribution in [0.5, 0.6) is 0 Å². The van der Waals surface area contributed by atoms with Crippen molar-refractivity contribution < 1.29 is 30.0 Å². The lowest BCUT2D eigenvalue weighted by atomic mass is 10.1. The summed E-state index contributed by atoms with van der Waals surface area (Å²) < 4.78 is 4.68. The number of ether oxygens (including phenoxy) is 1. The summed E-state index contributed by atoms with van der Waals surface area (Å²) in [4.78, 5) is 10.5. The fourth-order valence-corrected chi connectivity index (χ4v) is 1.15. The van der Waals surface area contributed by atoms with Crippen molar-refractivity contribution >= 4 is 5.97 Å². The highest BCUT2D eigenvalue weighted by Crippen LogP contribution is 2.21. The van der Waals surface area contributed by atoms with E-state index >= 15 is 0 Å². The summed E-state index contributed by atoms with van der Waals surface area (Å²) >= 11 is 0. The van der Waals surface area contributed by atoms with E-state index in [4.69, 9.17) is 10.2 Å².